The van der Waals surface area contributed by atoms with Gasteiger partial charge in [0.05, 0.1) is 0 Å². The average molecular weight is 416 g/mol. The summed E-state index contributed by atoms with van der Waals surface area (Å²) in [7, 11) is 0. The van der Waals surface area contributed by atoms with Gasteiger partial charge in [0.2, 0.25) is 5.91 Å². The summed E-state index contributed by atoms with van der Waals surface area (Å²) in [5, 5.41) is 3.31. The van der Waals surface area contributed by atoms with Gasteiger partial charge in [-0.2, -0.15) is 0 Å². The second kappa shape index (κ2) is 9.11. The maximum absolute atomic E-state index is 13.0. The van der Waals surface area contributed by atoms with Crippen LogP contribution in [0.3, 0.4) is 0 Å². The molecular formula is C24H37N3O3. The fraction of sp³-hybridized carbons (Fsp3) is 0.792. The number of hydrogen-bond donors (Lipinski definition) is 1. The molecule has 2 saturated heterocycles. The smallest absolute Gasteiger partial charge is 0.253 e. The van der Waals surface area contributed by atoms with Crippen molar-refractivity contribution in [2.45, 2.75) is 65.2 Å². The van der Waals surface area contributed by atoms with Crippen molar-refractivity contribution in [2.75, 3.05) is 42.9 Å². The lowest BCUT2D eigenvalue weighted by Crippen LogP contribution is -2.46. The number of carbonyl (C=O) groups is 1. The molecule has 166 valence electrons. The van der Waals surface area contributed by atoms with E-state index in [1.807, 2.05) is 0 Å². The van der Waals surface area contributed by atoms with Crippen LogP contribution in [0.4, 0.5) is 11.4 Å². The van der Waals surface area contributed by atoms with Crippen molar-refractivity contribution in [3.63, 3.8) is 0 Å². The van der Waals surface area contributed by atoms with E-state index < -0.39 is 0 Å². The highest BCUT2D eigenvalue weighted by Crippen LogP contribution is 2.33. The number of likely N-dealkylation sites (tertiary alicyclic amines) is 1. The van der Waals surface area contributed by atoms with Crippen molar-refractivity contribution in [2.24, 2.45) is 23.7 Å². The van der Waals surface area contributed by atoms with Crippen molar-refractivity contribution >= 4 is 17.3 Å². The summed E-state index contributed by atoms with van der Waals surface area (Å²) in [4.78, 5) is 41.4. The molecule has 2 aliphatic heterocycles. The van der Waals surface area contributed by atoms with Gasteiger partial charge in [0.15, 0.2) is 0 Å². The summed E-state index contributed by atoms with van der Waals surface area (Å²) >= 11 is 0. The predicted octanol–water partition coefficient (Wildman–Crippen LogP) is 3.00. The number of nitrogens with one attached hydrogen (secondary N) is 1. The van der Waals surface area contributed by atoms with Crippen molar-refractivity contribution in [3.05, 3.63) is 20.4 Å². The summed E-state index contributed by atoms with van der Waals surface area (Å²) in [6, 6.07) is 0. The normalized spacial score (nSPS) is 30.5. The van der Waals surface area contributed by atoms with Crippen LogP contribution in [-0.2, 0) is 4.79 Å². The Morgan fingerprint density at radius 1 is 0.933 bits per heavy atom. The maximum Gasteiger partial charge on any atom is 0.253 e. The molecule has 6 heteroatoms. The molecule has 0 aromatic heterocycles. The molecule has 1 aromatic rings. The summed E-state index contributed by atoms with van der Waals surface area (Å²) in [5.41, 5.74) is 0.486. The molecule has 3 aliphatic rings. The monoisotopic (exact) mass is 415 g/mol. The van der Waals surface area contributed by atoms with E-state index in [1.54, 1.807) is 0 Å². The van der Waals surface area contributed by atoms with Gasteiger partial charge < -0.3 is 15.1 Å². The van der Waals surface area contributed by atoms with Crippen LogP contribution in [-0.4, -0.2) is 43.5 Å². The molecule has 4 rings (SSSR count). The van der Waals surface area contributed by atoms with E-state index in [-0.39, 0.29) is 16.8 Å². The summed E-state index contributed by atoms with van der Waals surface area (Å²) in [6.45, 7) is 8.80. The van der Waals surface area contributed by atoms with Crippen molar-refractivity contribution in [3.8, 4) is 0 Å². The van der Waals surface area contributed by atoms with Crippen LogP contribution in [0.1, 0.15) is 65.2 Å². The topological polar surface area (TPSA) is 69.7 Å². The fourth-order valence-corrected chi connectivity index (χ4v) is 5.92. The maximum atomic E-state index is 13.0. The van der Waals surface area contributed by atoms with Crippen molar-refractivity contribution in [1.29, 1.82) is 0 Å². The molecule has 3 fully saturated rings. The molecule has 1 amide bonds. The van der Waals surface area contributed by atoms with E-state index in [1.165, 1.54) is 12.8 Å². The number of piperidine rings is 2. The van der Waals surface area contributed by atoms with Gasteiger partial charge in [0, 0.05) is 38.6 Å². The van der Waals surface area contributed by atoms with E-state index in [0.29, 0.717) is 35.0 Å². The van der Waals surface area contributed by atoms with Gasteiger partial charge >= 0.3 is 0 Å². The van der Waals surface area contributed by atoms with Crippen LogP contribution in [0, 0.1) is 23.7 Å². The van der Waals surface area contributed by atoms with Gasteiger partial charge in [0.25, 0.3) is 10.9 Å². The zero-order valence-corrected chi connectivity index (χ0v) is 18.6. The quantitative estimate of drug-likeness (QED) is 0.749. The number of rotatable bonds is 5. The highest BCUT2D eigenvalue weighted by Gasteiger charge is 2.33. The number of anilines is 2. The highest BCUT2D eigenvalue weighted by molar-refractivity contribution is 5.79. The minimum Gasteiger partial charge on any atom is -0.380 e. The second-order valence-electron chi connectivity index (χ2n) is 10.2. The molecule has 2 heterocycles. The Morgan fingerprint density at radius 2 is 1.57 bits per heavy atom. The van der Waals surface area contributed by atoms with E-state index in [0.717, 1.165) is 71.2 Å². The Labute approximate surface area is 179 Å². The number of amides is 1. The third kappa shape index (κ3) is 4.42. The first-order chi connectivity index (χ1) is 14.4. The summed E-state index contributed by atoms with van der Waals surface area (Å²) in [5.74, 6) is 2.18. The zero-order chi connectivity index (χ0) is 21.3. The zero-order valence-electron chi connectivity index (χ0n) is 18.6. The predicted molar refractivity (Wildman–Crippen MR) is 121 cm³/mol. The first kappa shape index (κ1) is 21.4. The van der Waals surface area contributed by atoms with Gasteiger partial charge in [-0.05, 0) is 69.1 Å². The Morgan fingerprint density at radius 3 is 2.20 bits per heavy atom. The lowest BCUT2D eigenvalue weighted by Gasteiger charge is -2.38. The molecule has 1 aromatic carbocycles. The molecule has 1 aliphatic carbocycles. The van der Waals surface area contributed by atoms with E-state index in [4.69, 9.17) is 0 Å². The minimum atomic E-state index is -0.354. The van der Waals surface area contributed by atoms with Crippen LogP contribution in [0.5, 0.6) is 0 Å². The van der Waals surface area contributed by atoms with Crippen LogP contribution in [0.2, 0.25) is 0 Å². The Hall–Kier alpha value is -1.85. The molecule has 30 heavy (non-hydrogen) atoms. The van der Waals surface area contributed by atoms with Crippen LogP contribution >= 0.6 is 0 Å². The third-order valence-corrected chi connectivity index (χ3v) is 7.50. The first-order valence-electron chi connectivity index (χ1n) is 12.0. The standard InChI is InChI=1S/C24H37N3O3/c1-16-12-17(2)15-27(14-16)24(30)19-8-6-18(7-9-19)13-25-20-21(23(29)22(20)28)26-10-4-3-5-11-26/h16-19,25H,3-15H2,1-2H3/t16-,17+,18?,19?. The van der Waals surface area contributed by atoms with Crippen molar-refractivity contribution < 1.29 is 4.79 Å². The lowest BCUT2D eigenvalue weighted by atomic mass is 9.80. The van der Waals surface area contributed by atoms with E-state index in [9.17, 15) is 14.4 Å². The molecule has 2 atom stereocenters. The first-order valence-corrected chi connectivity index (χ1v) is 12.0. The van der Waals surface area contributed by atoms with Crippen LogP contribution in [0.25, 0.3) is 0 Å². The van der Waals surface area contributed by atoms with E-state index in [2.05, 4.69) is 29.0 Å². The largest absolute Gasteiger partial charge is 0.380 e. The highest BCUT2D eigenvalue weighted by atomic mass is 16.2. The van der Waals surface area contributed by atoms with E-state index >= 15 is 0 Å². The van der Waals surface area contributed by atoms with Crippen molar-refractivity contribution in [1.82, 2.24) is 4.90 Å². The van der Waals surface area contributed by atoms with Gasteiger partial charge in [-0.3, -0.25) is 14.4 Å². The number of carbonyl (C=O) groups excluding carboxylic acids is 1. The molecule has 1 saturated carbocycles. The summed E-state index contributed by atoms with van der Waals surface area (Å²) in [6.07, 6.45) is 8.50. The number of nitrogens with zero attached hydrogens (tertiary/aromatic N) is 2. The van der Waals surface area contributed by atoms with Gasteiger partial charge in [-0.15, -0.1) is 0 Å². The Bertz CT molecular complexity index is 804. The van der Waals surface area contributed by atoms with Crippen LogP contribution in [0.15, 0.2) is 9.59 Å². The Balaban J connectivity index is 1.27. The van der Waals surface area contributed by atoms with Gasteiger partial charge in [0.1, 0.15) is 11.4 Å². The fourth-order valence-electron chi connectivity index (χ4n) is 5.92. The lowest BCUT2D eigenvalue weighted by molar-refractivity contribution is -0.139. The molecule has 0 bridgehead atoms. The van der Waals surface area contributed by atoms with Crippen LogP contribution < -0.4 is 21.1 Å². The van der Waals surface area contributed by atoms with Gasteiger partial charge in [-0.1, -0.05) is 13.8 Å². The third-order valence-electron chi connectivity index (χ3n) is 7.50. The second-order valence-corrected chi connectivity index (χ2v) is 10.2. The minimum absolute atomic E-state index is 0.161. The Kier molecular flexibility index (Phi) is 6.49. The average Bonchev–Trinajstić information content (AvgIpc) is 2.75. The number of hydrogen-bond acceptors (Lipinski definition) is 5. The van der Waals surface area contributed by atoms with Gasteiger partial charge in [-0.25, -0.2) is 0 Å². The molecule has 0 radical (unpaired) electrons. The molecule has 1 N–H and O–H groups in total. The molecular weight excluding hydrogens is 378 g/mol. The molecule has 0 spiro atoms. The molecule has 0 unspecified atom stereocenters. The molecule has 6 nitrogen and oxygen atoms in total. The summed E-state index contributed by atoms with van der Waals surface area (Å²) < 4.78 is 0. The SMILES string of the molecule is C[C@@H]1C[C@H](C)CN(C(=O)C2CCC(CNc3c(N4CCCCC4)c(=O)c3=O)CC2)C1.